The van der Waals surface area contributed by atoms with E-state index < -0.39 is 0 Å². The fourth-order valence-electron chi connectivity index (χ4n) is 2.75. The average molecular weight is 328 g/mol. The highest BCUT2D eigenvalue weighted by atomic mass is 16.5. The topological polar surface area (TPSA) is 50.6 Å². The number of para-hydroxylation sites is 1. The third-order valence-corrected chi connectivity index (χ3v) is 4.25. The van der Waals surface area contributed by atoms with E-state index in [1.54, 1.807) is 12.3 Å². The van der Waals surface area contributed by atoms with Gasteiger partial charge in [0, 0.05) is 45.2 Å². The zero-order valence-electron chi connectivity index (χ0n) is 14.1. The maximum Gasteiger partial charge on any atom is 0.268 e. The van der Waals surface area contributed by atoms with Crippen molar-refractivity contribution in [2.24, 2.45) is 0 Å². The molecule has 6 heteroatoms. The minimum Gasteiger partial charge on any atom is -0.494 e. The molecule has 0 aliphatic carbocycles. The standard InChI is InChI=1S/C18H24N4O2/c1-20-9-11-21(12-10-20)16-14-18(23)22(19-15-16)8-5-13-24-17-6-3-2-4-7-17/h2-4,6-7,14-15H,5,8-13H2,1H3. The molecule has 1 aliphatic heterocycles. The number of benzene rings is 1. The molecule has 1 aromatic carbocycles. The van der Waals surface area contributed by atoms with Crippen LogP contribution in [-0.4, -0.2) is 54.5 Å². The highest BCUT2D eigenvalue weighted by Gasteiger charge is 2.15. The molecule has 1 fully saturated rings. The van der Waals surface area contributed by atoms with Gasteiger partial charge in [-0.05, 0) is 19.2 Å². The number of aromatic nitrogens is 2. The molecule has 24 heavy (non-hydrogen) atoms. The van der Waals surface area contributed by atoms with Crippen molar-refractivity contribution in [3.05, 3.63) is 52.9 Å². The lowest BCUT2D eigenvalue weighted by molar-refractivity contribution is 0.297. The Hall–Kier alpha value is -2.34. The Kier molecular flexibility index (Phi) is 5.48. The molecule has 0 N–H and O–H groups in total. The van der Waals surface area contributed by atoms with Crippen LogP contribution in [0.25, 0.3) is 0 Å². The largest absolute Gasteiger partial charge is 0.494 e. The second-order valence-electron chi connectivity index (χ2n) is 6.08. The minimum absolute atomic E-state index is 0.0499. The first-order valence-corrected chi connectivity index (χ1v) is 8.41. The maximum atomic E-state index is 12.2. The lowest BCUT2D eigenvalue weighted by Gasteiger charge is -2.33. The van der Waals surface area contributed by atoms with Gasteiger partial charge >= 0.3 is 0 Å². The first-order valence-electron chi connectivity index (χ1n) is 8.41. The van der Waals surface area contributed by atoms with E-state index in [-0.39, 0.29) is 5.56 Å². The fourth-order valence-corrected chi connectivity index (χ4v) is 2.75. The number of anilines is 1. The number of nitrogens with zero attached hydrogens (tertiary/aromatic N) is 4. The van der Waals surface area contributed by atoms with E-state index >= 15 is 0 Å². The Morgan fingerprint density at radius 3 is 2.58 bits per heavy atom. The van der Waals surface area contributed by atoms with Gasteiger partial charge in [0.05, 0.1) is 18.5 Å². The Labute approximate surface area is 142 Å². The fraction of sp³-hybridized carbons (Fsp3) is 0.444. The van der Waals surface area contributed by atoms with Gasteiger partial charge in [-0.1, -0.05) is 18.2 Å². The molecule has 0 bridgehead atoms. The Balaban J connectivity index is 1.50. The molecule has 6 nitrogen and oxygen atoms in total. The Morgan fingerprint density at radius 1 is 1.12 bits per heavy atom. The number of ether oxygens (including phenoxy) is 1. The highest BCUT2D eigenvalue weighted by molar-refractivity contribution is 5.43. The molecule has 0 radical (unpaired) electrons. The number of piperazine rings is 1. The monoisotopic (exact) mass is 328 g/mol. The van der Waals surface area contributed by atoms with E-state index in [1.165, 1.54) is 4.68 Å². The molecule has 2 heterocycles. The summed E-state index contributed by atoms with van der Waals surface area (Å²) in [6.45, 7) is 5.03. The molecule has 3 rings (SSSR count). The van der Waals surface area contributed by atoms with Crippen LogP contribution >= 0.6 is 0 Å². The molecular formula is C18H24N4O2. The molecule has 2 aromatic rings. The molecule has 1 saturated heterocycles. The van der Waals surface area contributed by atoms with E-state index in [4.69, 9.17) is 4.74 Å². The second kappa shape index (κ2) is 7.97. The third-order valence-electron chi connectivity index (χ3n) is 4.25. The Bertz CT molecular complexity index is 694. The summed E-state index contributed by atoms with van der Waals surface area (Å²) >= 11 is 0. The summed E-state index contributed by atoms with van der Waals surface area (Å²) in [5, 5.41) is 4.31. The van der Waals surface area contributed by atoms with Gasteiger partial charge < -0.3 is 14.5 Å². The SMILES string of the molecule is CN1CCN(c2cnn(CCCOc3ccccc3)c(=O)c2)CC1. The van der Waals surface area contributed by atoms with Crippen LogP contribution in [0.4, 0.5) is 5.69 Å². The molecule has 1 aliphatic rings. The normalized spacial score (nSPS) is 15.5. The van der Waals surface area contributed by atoms with Gasteiger partial charge in [-0.2, -0.15) is 5.10 Å². The van der Waals surface area contributed by atoms with Crippen molar-refractivity contribution in [2.45, 2.75) is 13.0 Å². The van der Waals surface area contributed by atoms with E-state index in [0.717, 1.165) is 44.0 Å². The second-order valence-corrected chi connectivity index (χ2v) is 6.08. The number of aryl methyl sites for hydroxylation is 1. The predicted molar refractivity (Wildman–Crippen MR) is 94.8 cm³/mol. The summed E-state index contributed by atoms with van der Waals surface area (Å²) in [6, 6.07) is 11.4. The molecule has 1 aromatic heterocycles. The number of likely N-dealkylation sites (N-methyl/N-ethyl adjacent to an activating group) is 1. The molecule has 0 unspecified atom stereocenters. The van der Waals surface area contributed by atoms with Gasteiger partial charge in [0.1, 0.15) is 5.75 Å². The van der Waals surface area contributed by atoms with Crippen molar-refractivity contribution in [3.63, 3.8) is 0 Å². The van der Waals surface area contributed by atoms with Crippen LogP contribution in [0.1, 0.15) is 6.42 Å². The number of hydrogen-bond acceptors (Lipinski definition) is 5. The van der Waals surface area contributed by atoms with Crippen LogP contribution < -0.4 is 15.2 Å². The summed E-state index contributed by atoms with van der Waals surface area (Å²) in [6.07, 6.45) is 2.54. The van der Waals surface area contributed by atoms with Gasteiger partial charge in [-0.25, -0.2) is 4.68 Å². The van der Waals surface area contributed by atoms with E-state index in [2.05, 4.69) is 21.9 Å². The summed E-state index contributed by atoms with van der Waals surface area (Å²) in [7, 11) is 2.12. The number of rotatable bonds is 6. The van der Waals surface area contributed by atoms with E-state index in [1.807, 2.05) is 30.3 Å². The summed E-state index contributed by atoms with van der Waals surface area (Å²) < 4.78 is 7.15. The van der Waals surface area contributed by atoms with Crippen molar-refractivity contribution in [3.8, 4) is 5.75 Å². The molecule has 0 atom stereocenters. The van der Waals surface area contributed by atoms with Crippen molar-refractivity contribution < 1.29 is 4.74 Å². The van der Waals surface area contributed by atoms with Gasteiger partial charge in [0.25, 0.3) is 5.56 Å². The van der Waals surface area contributed by atoms with Crippen LogP contribution in [-0.2, 0) is 6.54 Å². The minimum atomic E-state index is -0.0499. The van der Waals surface area contributed by atoms with Crippen LogP contribution in [0, 0.1) is 0 Å². The van der Waals surface area contributed by atoms with Crippen molar-refractivity contribution in [1.82, 2.24) is 14.7 Å². The van der Waals surface area contributed by atoms with Crippen molar-refractivity contribution >= 4 is 5.69 Å². The molecule has 0 amide bonds. The molecular weight excluding hydrogens is 304 g/mol. The zero-order valence-corrected chi connectivity index (χ0v) is 14.1. The molecule has 0 saturated carbocycles. The highest BCUT2D eigenvalue weighted by Crippen LogP contribution is 2.12. The van der Waals surface area contributed by atoms with Crippen LogP contribution in [0.2, 0.25) is 0 Å². The van der Waals surface area contributed by atoms with Crippen LogP contribution in [0.3, 0.4) is 0 Å². The Morgan fingerprint density at radius 2 is 1.88 bits per heavy atom. The number of hydrogen-bond donors (Lipinski definition) is 0. The molecule has 0 spiro atoms. The zero-order chi connectivity index (χ0) is 16.8. The van der Waals surface area contributed by atoms with Gasteiger partial charge in [-0.3, -0.25) is 4.79 Å². The lowest BCUT2D eigenvalue weighted by atomic mass is 10.3. The average Bonchev–Trinajstić information content (AvgIpc) is 2.61. The smallest absolute Gasteiger partial charge is 0.268 e. The van der Waals surface area contributed by atoms with Gasteiger partial charge in [0.2, 0.25) is 0 Å². The maximum absolute atomic E-state index is 12.2. The predicted octanol–water partition coefficient (Wildman–Crippen LogP) is 1.46. The van der Waals surface area contributed by atoms with Crippen LogP contribution in [0.15, 0.2) is 47.4 Å². The molecule has 128 valence electrons. The summed E-state index contributed by atoms with van der Waals surface area (Å²) in [5.74, 6) is 0.850. The van der Waals surface area contributed by atoms with Crippen molar-refractivity contribution in [1.29, 1.82) is 0 Å². The third kappa shape index (κ3) is 4.35. The van der Waals surface area contributed by atoms with Crippen LogP contribution in [0.5, 0.6) is 5.75 Å². The van der Waals surface area contributed by atoms with E-state index in [0.29, 0.717) is 13.2 Å². The van der Waals surface area contributed by atoms with Crippen molar-refractivity contribution in [2.75, 3.05) is 44.7 Å². The lowest BCUT2D eigenvalue weighted by Crippen LogP contribution is -2.45. The first kappa shape index (κ1) is 16.5. The summed E-state index contributed by atoms with van der Waals surface area (Å²) in [4.78, 5) is 16.7. The first-order chi connectivity index (χ1) is 11.7. The van der Waals surface area contributed by atoms with Gasteiger partial charge in [-0.15, -0.1) is 0 Å². The van der Waals surface area contributed by atoms with Gasteiger partial charge in [0.15, 0.2) is 0 Å². The summed E-state index contributed by atoms with van der Waals surface area (Å²) in [5.41, 5.74) is 0.871. The quantitative estimate of drug-likeness (QED) is 0.752. The van der Waals surface area contributed by atoms with E-state index in [9.17, 15) is 4.79 Å².